The molecule has 0 saturated carbocycles. The fourth-order valence-electron chi connectivity index (χ4n) is 1.54. The van der Waals surface area contributed by atoms with Crippen LogP contribution >= 0.6 is 27.5 Å². The van der Waals surface area contributed by atoms with Gasteiger partial charge in [0.1, 0.15) is 22.3 Å². The summed E-state index contributed by atoms with van der Waals surface area (Å²) in [5.41, 5.74) is -1.51. The molecule has 0 aliphatic rings. The van der Waals surface area contributed by atoms with Crippen LogP contribution in [0.15, 0.2) is 17.0 Å². The van der Waals surface area contributed by atoms with Gasteiger partial charge in [-0.15, -0.1) is 0 Å². The zero-order valence-electron chi connectivity index (χ0n) is 11.1. The molecule has 2 rings (SSSR count). The van der Waals surface area contributed by atoms with Gasteiger partial charge in [-0.25, -0.2) is 15.0 Å². The molecule has 0 saturated heterocycles. The number of anilines is 1. The number of nitrogens with one attached hydrogen (secondary N) is 1. The van der Waals surface area contributed by atoms with Crippen LogP contribution in [0.2, 0.25) is 5.15 Å². The summed E-state index contributed by atoms with van der Waals surface area (Å²) >= 11 is 9.14. The first kappa shape index (κ1) is 16.2. The maximum Gasteiger partial charge on any atom is 0.395 e. The second-order valence-corrected chi connectivity index (χ2v) is 6.26. The van der Waals surface area contributed by atoms with Crippen molar-refractivity contribution in [1.82, 2.24) is 15.0 Å². The van der Waals surface area contributed by atoms with Crippen molar-refractivity contribution < 1.29 is 13.2 Å². The molecule has 0 radical (unpaired) electrons. The smallest absolute Gasteiger partial charge is 0.369 e. The van der Waals surface area contributed by atoms with Crippen LogP contribution in [-0.2, 0) is 0 Å². The Kier molecular flexibility index (Phi) is 4.30. The molecule has 0 amide bonds. The molecular formula is C12H11BrClF3N4. The zero-order valence-corrected chi connectivity index (χ0v) is 13.4. The second-order valence-electron chi connectivity index (χ2n) is 5.09. The van der Waals surface area contributed by atoms with Crippen LogP contribution in [0.1, 0.15) is 13.8 Å². The Morgan fingerprint density at radius 3 is 2.57 bits per heavy atom. The van der Waals surface area contributed by atoms with Gasteiger partial charge in [0, 0.05) is 11.9 Å². The van der Waals surface area contributed by atoms with Gasteiger partial charge < -0.3 is 5.32 Å². The molecule has 2 aromatic rings. The van der Waals surface area contributed by atoms with Gasteiger partial charge in [0.25, 0.3) is 0 Å². The van der Waals surface area contributed by atoms with E-state index in [0.29, 0.717) is 15.5 Å². The van der Waals surface area contributed by atoms with Gasteiger partial charge in [0.15, 0.2) is 5.15 Å². The number of aromatic nitrogens is 3. The molecule has 0 aliphatic carbocycles. The van der Waals surface area contributed by atoms with Gasteiger partial charge in [-0.1, -0.05) is 11.6 Å². The lowest BCUT2D eigenvalue weighted by atomic mass is 9.93. The molecule has 114 valence electrons. The summed E-state index contributed by atoms with van der Waals surface area (Å²) in [6.45, 7) is 1.92. The Hall–Kier alpha value is -1.15. The van der Waals surface area contributed by atoms with Gasteiger partial charge >= 0.3 is 6.18 Å². The van der Waals surface area contributed by atoms with Gasteiger partial charge in [-0.05, 0) is 35.8 Å². The molecule has 0 aliphatic heterocycles. The largest absolute Gasteiger partial charge is 0.395 e. The van der Waals surface area contributed by atoms with Crippen LogP contribution in [0.25, 0.3) is 10.9 Å². The van der Waals surface area contributed by atoms with Crippen molar-refractivity contribution >= 4 is 44.3 Å². The first-order valence-electron chi connectivity index (χ1n) is 5.89. The molecule has 1 N–H and O–H groups in total. The highest BCUT2D eigenvalue weighted by Gasteiger charge is 2.47. The van der Waals surface area contributed by atoms with Crippen LogP contribution in [0.5, 0.6) is 0 Å². The van der Waals surface area contributed by atoms with E-state index < -0.39 is 11.6 Å². The summed E-state index contributed by atoms with van der Waals surface area (Å²) in [5, 5.41) is 3.37. The monoisotopic (exact) mass is 382 g/mol. The third-order valence-electron chi connectivity index (χ3n) is 3.01. The quantitative estimate of drug-likeness (QED) is 0.796. The lowest BCUT2D eigenvalue weighted by Crippen LogP contribution is -2.38. The van der Waals surface area contributed by atoms with E-state index in [1.807, 2.05) is 0 Å². The number of fused-ring (bicyclic) bond motifs is 1. The summed E-state index contributed by atoms with van der Waals surface area (Å²) in [5.74, 6) is 0.280. The van der Waals surface area contributed by atoms with E-state index in [2.05, 4.69) is 36.2 Å². The lowest BCUT2D eigenvalue weighted by molar-refractivity contribution is -0.206. The average molecular weight is 384 g/mol. The van der Waals surface area contributed by atoms with Crippen molar-refractivity contribution in [2.45, 2.75) is 20.0 Å². The standard InChI is InChI=1S/C12H11BrClF3N4/c1-11(2,12(15,16)17)4-18-10-6-3-7(13)21-9(14)8(6)19-5-20-10/h3,5H,4H2,1-2H3,(H,18,19,20). The third-order valence-corrected chi connectivity index (χ3v) is 3.68. The van der Waals surface area contributed by atoms with Crippen molar-refractivity contribution in [3.8, 4) is 0 Å². The predicted molar refractivity (Wildman–Crippen MR) is 78.4 cm³/mol. The van der Waals surface area contributed by atoms with Crippen LogP contribution < -0.4 is 5.32 Å². The van der Waals surface area contributed by atoms with Gasteiger partial charge in [0.05, 0.1) is 5.41 Å². The summed E-state index contributed by atoms with van der Waals surface area (Å²) in [4.78, 5) is 11.9. The number of hydrogen-bond donors (Lipinski definition) is 1. The molecule has 4 nitrogen and oxygen atoms in total. The van der Waals surface area contributed by atoms with E-state index >= 15 is 0 Å². The van der Waals surface area contributed by atoms with E-state index in [9.17, 15) is 13.2 Å². The minimum Gasteiger partial charge on any atom is -0.369 e. The van der Waals surface area contributed by atoms with Gasteiger partial charge in [-0.3, -0.25) is 0 Å². The van der Waals surface area contributed by atoms with E-state index in [-0.39, 0.29) is 17.5 Å². The second kappa shape index (κ2) is 5.57. The SMILES string of the molecule is CC(C)(CNc1ncnc2c(Cl)nc(Br)cc12)C(F)(F)F. The minimum atomic E-state index is -4.32. The summed E-state index contributed by atoms with van der Waals surface area (Å²) in [7, 11) is 0. The molecule has 0 unspecified atom stereocenters. The molecular weight excluding hydrogens is 373 g/mol. The van der Waals surface area contributed by atoms with Crippen molar-refractivity contribution in [3.05, 3.63) is 22.1 Å². The van der Waals surface area contributed by atoms with E-state index in [1.165, 1.54) is 6.33 Å². The molecule has 2 aromatic heterocycles. The van der Waals surface area contributed by atoms with Gasteiger partial charge in [0.2, 0.25) is 0 Å². The Bertz CT molecular complexity index is 675. The highest BCUT2D eigenvalue weighted by molar-refractivity contribution is 9.10. The molecule has 0 fully saturated rings. The molecule has 9 heteroatoms. The lowest BCUT2D eigenvalue weighted by Gasteiger charge is -2.28. The number of hydrogen-bond acceptors (Lipinski definition) is 4. The molecule has 0 atom stereocenters. The highest BCUT2D eigenvalue weighted by atomic mass is 79.9. The first-order chi connectivity index (χ1) is 9.62. The van der Waals surface area contributed by atoms with Gasteiger partial charge in [-0.2, -0.15) is 13.2 Å². The van der Waals surface area contributed by atoms with Crippen molar-refractivity contribution in [3.63, 3.8) is 0 Å². The number of halogens is 5. The van der Waals surface area contributed by atoms with Crippen LogP contribution in [-0.4, -0.2) is 27.7 Å². The third kappa shape index (κ3) is 3.37. The van der Waals surface area contributed by atoms with Crippen LogP contribution in [0, 0.1) is 5.41 Å². The average Bonchev–Trinajstić information content (AvgIpc) is 2.35. The van der Waals surface area contributed by atoms with E-state index in [0.717, 1.165) is 13.8 Å². The normalized spacial score (nSPS) is 12.7. The minimum absolute atomic E-state index is 0.153. The van der Waals surface area contributed by atoms with Crippen molar-refractivity contribution in [2.24, 2.45) is 5.41 Å². The first-order valence-corrected chi connectivity index (χ1v) is 7.06. The number of nitrogens with zero attached hydrogens (tertiary/aromatic N) is 3. The Morgan fingerprint density at radius 2 is 1.95 bits per heavy atom. The molecule has 2 heterocycles. The maximum absolute atomic E-state index is 12.9. The topological polar surface area (TPSA) is 50.7 Å². The zero-order chi connectivity index (χ0) is 15.8. The summed E-state index contributed by atoms with van der Waals surface area (Å²) in [6.07, 6.45) is -3.09. The van der Waals surface area contributed by atoms with Crippen molar-refractivity contribution in [1.29, 1.82) is 0 Å². The molecule has 0 bridgehead atoms. The van der Waals surface area contributed by atoms with Crippen LogP contribution in [0.3, 0.4) is 0 Å². The summed E-state index contributed by atoms with van der Waals surface area (Å²) in [6, 6.07) is 1.60. The van der Waals surface area contributed by atoms with E-state index in [1.54, 1.807) is 6.07 Å². The van der Waals surface area contributed by atoms with Crippen molar-refractivity contribution in [2.75, 3.05) is 11.9 Å². The van der Waals surface area contributed by atoms with E-state index in [4.69, 9.17) is 11.6 Å². The summed E-state index contributed by atoms with van der Waals surface area (Å²) < 4.78 is 39.1. The highest BCUT2D eigenvalue weighted by Crippen LogP contribution is 2.38. The number of pyridine rings is 1. The Balaban J connectivity index is 2.36. The molecule has 0 aromatic carbocycles. The Labute approximate surface area is 132 Å². The molecule has 0 spiro atoms. The fraction of sp³-hybridized carbons (Fsp3) is 0.417. The predicted octanol–water partition coefficient (Wildman–Crippen LogP) is 4.44. The molecule has 21 heavy (non-hydrogen) atoms. The van der Waals surface area contributed by atoms with Crippen LogP contribution in [0.4, 0.5) is 19.0 Å². The maximum atomic E-state index is 12.9. The fourth-order valence-corrected chi connectivity index (χ4v) is 2.29. The number of rotatable bonds is 3. The number of alkyl halides is 3. The Morgan fingerprint density at radius 1 is 1.29 bits per heavy atom.